The van der Waals surface area contributed by atoms with Crippen molar-refractivity contribution in [3.05, 3.63) is 67.2 Å². The molecule has 0 aliphatic rings. The number of benzene rings is 1. The molecule has 3 aromatic rings. The van der Waals surface area contributed by atoms with Crippen molar-refractivity contribution >= 4 is 34.2 Å². The van der Waals surface area contributed by atoms with E-state index in [4.69, 9.17) is 9.15 Å². The van der Waals surface area contributed by atoms with Crippen LogP contribution in [0.3, 0.4) is 0 Å². The lowest BCUT2D eigenvalue weighted by atomic mass is 10.0. The standard InChI is InChI=1S/C20H19NO5S/c1-11-4-6-15-14(8-17(22)26-19(15)13(11)3)10-25-18(23)9-21-20(24)16-7-5-12(2)27-16/h4-8H,9-10H2,1-3H3,(H,21,24). The summed E-state index contributed by atoms with van der Waals surface area (Å²) in [5.74, 6) is -0.899. The van der Waals surface area contributed by atoms with Crippen molar-refractivity contribution in [2.45, 2.75) is 27.4 Å². The van der Waals surface area contributed by atoms with Crippen molar-refractivity contribution < 1.29 is 18.7 Å². The van der Waals surface area contributed by atoms with E-state index in [0.29, 0.717) is 16.0 Å². The van der Waals surface area contributed by atoms with Crippen LogP contribution in [0.2, 0.25) is 0 Å². The Morgan fingerprint density at radius 2 is 1.93 bits per heavy atom. The summed E-state index contributed by atoms with van der Waals surface area (Å²) in [7, 11) is 0. The first kappa shape index (κ1) is 18.8. The Bertz CT molecular complexity index is 1080. The summed E-state index contributed by atoms with van der Waals surface area (Å²) in [6, 6.07) is 8.63. The molecule has 0 spiro atoms. The number of thiophene rings is 1. The molecule has 0 radical (unpaired) electrons. The largest absolute Gasteiger partial charge is 0.459 e. The van der Waals surface area contributed by atoms with Gasteiger partial charge in [0, 0.05) is 21.9 Å². The summed E-state index contributed by atoms with van der Waals surface area (Å²) in [4.78, 5) is 37.3. The number of carbonyl (C=O) groups excluding carboxylic acids is 2. The van der Waals surface area contributed by atoms with Gasteiger partial charge in [-0.1, -0.05) is 12.1 Å². The lowest BCUT2D eigenvalue weighted by Crippen LogP contribution is -2.30. The van der Waals surface area contributed by atoms with Crippen LogP contribution in [0.25, 0.3) is 11.0 Å². The molecule has 27 heavy (non-hydrogen) atoms. The van der Waals surface area contributed by atoms with Crippen molar-refractivity contribution in [2.24, 2.45) is 0 Å². The van der Waals surface area contributed by atoms with Gasteiger partial charge in [-0.05, 0) is 44.0 Å². The van der Waals surface area contributed by atoms with Gasteiger partial charge in [0.1, 0.15) is 18.7 Å². The van der Waals surface area contributed by atoms with E-state index in [-0.39, 0.29) is 19.1 Å². The number of hydrogen-bond donors (Lipinski definition) is 1. The molecule has 0 saturated carbocycles. The van der Waals surface area contributed by atoms with Crippen LogP contribution in [-0.2, 0) is 16.1 Å². The van der Waals surface area contributed by atoms with E-state index in [1.165, 1.54) is 17.4 Å². The highest BCUT2D eigenvalue weighted by atomic mass is 32.1. The van der Waals surface area contributed by atoms with Crippen LogP contribution in [0.5, 0.6) is 0 Å². The highest BCUT2D eigenvalue weighted by Crippen LogP contribution is 2.23. The van der Waals surface area contributed by atoms with Gasteiger partial charge >= 0.3 is 11.6 Å². The first-order valence-corrected chi connectivity index (χ1v) is 9.20. The molecular weight excluding hydrogens is 366 g/mol. The molecule has 0 fully saturated rings. The van der Waals surface area contributed by atoms with Gasteiger partial charge in [0.2, 0.25) is 0 Å². The van der Waals surface area contributed by atoms with Crippen molar-refractivity contribution in [1.82, 2.24) is 5.32 Å². The fourth-order valence-corrected chi connectivity index (χ4v) is 3.43. The summed E-state index contributed by atoms with van der Waals surface area (Å²) in [5.41, 5.74) is 2.44. The third-order valence-electron chi connectivity index (χ3n) is 4.26. The molecule has 2 heterocycles. The molecule has 0 unspecified atom stereocenters. The Morgan fingerprint density at radius 1 is 1.15 bits per heavy atom. The van der Waals surface area contributed by atoms with E-state index in [0.717, 1.165) is 21.4 Å². The second kappa shape index (κ2) is 7.75. The minimum Gasteiger partial charge on any atom is -0.459 e. The zero-order valence-corrected chi connectivity index (χ0v) is 16.1. The predicted molar refractivity (Wildman–Crippen MR) is 103 cm³/mol. The molecule has 1 amide bonds. The van der Waals surface area contributed by atoms with Crippen molar-refractivity contribution in [3.8, 4) is 0 Å². The zero-order valence-electron chi connectivity index (χ0n) is 15.3. The number of fused-ring (bicyclic) bond motifs is 1. The molecule has 0 aliphatic heterocycles. The van der Waals surface area contributed by atoms with Crippen LogP contribution in [0.4, 0.5) is 0 Å². The average molecular weight is 385 g/mol. The highest BCUT2D eigenvalue weighted by Gasteiger charge is 2.13. The molecule has 2 aromatic heterocycles. The molecule has 0 atom stereocenters. The second-order valence-corrected chi connectivity index (χ2v) is 7.52. The van der Waals surface area contributed by atoms with Crippen LogP contribution in [0.1, 0.15) is 31.2 Å². The van der Waals surface area contributed by atoms with Crippen molar-refractivity contribution in [3.63, 3.8) is 0 Å². The fraction of sp³-hybridized carbons (Fsp3) is 0.250. The van der Waals surface area contributed by atoms with E-state index in [2.05, 4.69) is 5.32 Å². The molecule has 1 aromatic carbocycles. The van der Waals surface area contributed by atoms with Gasteiger partial charge in [0.05, 0.1) is 4.88 Å². The smallest absolute Gasteiger partial charge is 0.336 e. The van der Waals surface area contributed by atoms with Gasteiger partial charge in [-0.2, -0.15) is 0 Å². The van der Waals surface area contributed by atoms with Crippen LogP contribution >= 0.6 is 11.3 Å². The number of ether oxygens (including phenoxy) is 1. The summed E-state index contributed by atoms with van der Waals surface area (Å²) >= 11 is 1.35. The fourth-order valence-electron chi connectivity index (χ4n) is 2.65. The van der Waals surface area contributed by atoms with E-state index in [1.807, 2.05) is 39.0 Å². The summed E-state index contributed by atoms with van der Waals surface area (Å²) in [5, 5.41) is 3.26. The number of nitrogens with one attached hydrogen (secondary N) is 1. The molecule has 1 N–H and O–H groups in total. The second-order valence-electron chi connectivity index (χ2n) is 6.23. The number of hydrogen-bond acceptors (Lipinski definition) is 6. The highest BCUT2D eigenvalue weighted by molar-refractivity contribution is 7.13. The topological polar surface area (TPSA) is 85.6 Å². The first-order valence-electron chi connectivity index (χ1n) is 8.38. The van der Waals surface area contributed by atoms with E-state index in [1.54, 1.807) is 6.07 Å². The molecule has 6 nitrogen and oxygen atoms in total. The van der Waals surface area contributed by atoms with E-state index >= 15 is 0 Å². The van der Waals surface area contributed by atoms with Crippen molar-refractivity contribution in [2.75, 3.05) is 6.54 Å². The number of carbonyl (C=O) groups is 2. The van der Waals surface area contributed by atoms with Crippen LogP contribution in [0, 0.1) is 20.8 Å². The van der Waals surface area contributed by atoms with Crippen molar-refractivity contribution in [1.29, 1.82) is 0 Å². The van der Waals surface area contributed by atoms with Gasteiger partial charge < -0.3 is 14.5 Å². The Labute approximate surface area is 159 Å². The average Bonchev–Trinajstić information content (AvgIpc) is 3.07. The lowest BCUT2D eigenvalue weighted by molar-refractivity contribution is -0.143. The number of aryl methyl sites for hydroxylation is 3. The lowest BCUT2D eigenvalue weighted by Gasteiger charge is -2.10. The maximum atomic E-state index is 12.0. The molecule has 0 bridgehead atoms. The maximum Gasteiger partial charge on any atom is 0.336 e. The summed E-state index contributed by atoms with van der Waals surface area (Å²) in [6.07, 6.45) is 0. The number of amides is 1. The van der Waals surface area contributed by atoms with E-state index < -0.39 is 11.6 Å². The number of rotatable bonds is 5. The zero-order chi connectivity index (χ0) is 19.6. The third kappa shape index (κ3) is 4.25. The Balaban J connectivity index is 1.66. The number of esters is 1. The first-order chi connectivity index (χ1) is 12.8. The minimum absolute atomic E-state index is 0.0720. The predicted octanol–water partition coefficient (Wildman–Crippen LogP) is 3.25. The Hall–Kier alpha value is -2.93. The molecule has 0 aliphatic carbocycles. The normalized spacial score (nSPS) is 10.8. The summed E-state index contributed by atoms with van der Waals surface area (Å²) in [6.45, 7) is 5.39. The maximum absolute atomic E-state index is 12.0. The van der Waals surface area contributed by atoms with Gasteiger partial charge in [-0.3, -0.25) is 9.59 Å². The Kier molecular flexibility index (Phi) is 5.41. The van der Waals surface area contributed by atoms with Crippen LogP contribution < -0.4 is 10.9 Å². The van der Waals surface area contributed by atoms with Crippen LogP contribution in [0.15, 0.2) is 39.5 Å². The van der Waals surface area contributed by atoms with Gasteiger partial charge in [-0.25, -0.2) is 4.79 Å². The third-order valence-corrected chi connectivity index (χ3v) is 5.26. The molecule has 140 valence electrons. The van der Waals surface area contributed by atoms with Crippen LogP contribution in [-0.4, -0.2) is 18.4 Å². The van der Waals surface area contributed by atoms with Gasteiger partial charge in [0.15, 0.2) is 0 Å². The molecule has 0 saturated heterocycles. The quantitative estimate of drug-likeness (QED) is 0.538. The minimum atomic E-state index is -0.582. The Morgan fingerprint density at radius 3 is 2.63 bits per heavy atom. The molecule has 3 rings (SSSR count). The van der Waals surface area contributed by atoms with Gasteiger partial charge in [-0.15, -0.1) is 11.3 Å². The monoisotopic (exact) mass is 385 g/mol. The van der Waals surface area contributed by atoms with E-state index in [9.17, 15) is 14.4 Å². The SMILES string of the molecule is Cc1ccc(C(=O)NCC(=O)OCc2cc(=O)oc3c(C)c(C)ccc23)s1. The molecule has 7 heteroatoms. The molecular formula is C20H19NO5S. The van der Waals surface area contributed by atoms with Gasteiger partial charge in [0.25, 0.3) is 5.91 Å². The summed E-state index contributed by atoms with van der Waals surface area (Å²) < 4.78 is 10.5.